The molecule has 20 heavy (non-hydrogen) atoms. The summed E-state index contributed by atoms with van der Waals surface area (Å²) >= 11 is 1.27. The van der Waals surface area contributed by atoms with Crippen LogP contribution in [0.4, 0.5) is 14.6 Å². The van der Waals surface area contributed by atoms with E-state index < -0.39 is 11.6 Å². The zero-order valence-electron chi connectivity index (χ0n) is 11.2. The lowest BCUT2D eigenvalue weighted by Crippen LogP contribution is -2.04. The van der Waals surface area contributed by atoms with Gasteiger partial charge in [-0.25, -0.2) is 13.8 Å². The van der Waals surface area contributed by atoms with Crippen molar-refractivity contribution < 1.29 is 8.78 Å². The molecule has 2 rings (SSSR count). The fourth-order valence-corrected chi connectivity index (χ4v) is 2.65. The van der Waals surface area contributed by atoms with Crippen LogP contribution in [0.1, 0.15) is 18.9 Å². The number of aromatic nitrogens is 1. The number of hydrogen-bond donors (Lipinski definition) is 1. The number of halogens is 2. The van der Waals surface area contributed by atoms with E-state index in [4.69, 9.17) is 0 Å². The lowest BCUT2D eigenvalue weighted by Gasteiger charge is -2.10. The van der Waals surface area contributed by atoms with Gasteiger partial charge in [0.1, 0.15) is 17.5 Å². The first-order valence-electron chi connectivity index (χ1n) is 6.46. The second-order valence-corrected chi connectivity index (χ2v) is 5.32. The molecule has 0 aliphatic heterocycles. The Balaban J connectivity index is 2.08. The minimum absolute atomic E-state index is 0.315. The van der Waals surface area contributed by atoms with Gasteiger partial charge < -0.3 is 5.32 Å². The molecule has 106 valence electrons. The van der Waals surface area contributed by atoms with Crippen LogP contribution in [0.5, 0.6) is 0 Å². The van der Waals surface area contributed by atoms with E-state index in [0.717, 1.165) is 36.5 Å². The normalized spacial score (nSPS) is 10.6. The Morgan fingerprint density at radius 2 is 2.10 bits per heavy atom. The summed E-state index contributed by atoms with van der Waals surface area (Å²) in [5, 5.41) is 3.23. The first-order valence-corrected chi connectivity index (χ1v) is 7.45. The number of nitrogens with zero attached hydrogens (tertiary/aromatic N) is 1. The summed E-state index contributed by atoms with van der Waals surface area (Å²) in [5.41, 5.74) is 0.981. The van der Waals surface area contributed by atoms with Crippen LogP contribution in [-0.2, 0) is 5.75 Å². The second kappa shape index (κ2) is 7.24. The SMILES string of the molecule is CCCNc1ncccc1CSc1cc(F)ccc1F. The number of rotatable bonds is 6. The zero-order valence-corrected chi connectivity index (χ0v) is 12.0. The number of thioether (sulfide) groups is 1. The highest BCUT2D eigenvalue weighted by atomic mass is 32.2. The van der Waals surface area contributed by atoms with Gasteiger partial charge in [-0.2, -0.15) is 0 Å². The molecule has 0 unspecified atom stereocenters. The summed E-state index contributed by atoms with van der Waals surface area (Å²) in [6.45, 7) is 2.91. The van der Waals surface area contributed by atoms with Crippen molar-refractivity contribution >= 4 is 17.6 Å². The summed E-state index contributed by atoms with van der Waals surface area (Å²) in [6, 6.07) is 7.27. The third-order valence-corrected chi connectivity index (χ3v) is 3.79. The Labute approximate surface area is 121 Å². The van der Waals surface area contributed by atoms with Crippen LogP contribution >= 0.6 is 11.8 Å². The van der Waals surface area contributed by atoms with Gasteiger partial charge in [0.05, 0.1) is 0 Å². The molecule has 1 N–H and O–H groups in total. The third kappa shape index (κ3) is 3.93. The predicted octanol–water partition coefficient (Wildman–Crippen LogP) is 4.47. The van der Waals surface area contributed by atoms with Gasteiger partial charge in [-0.05, 0) is 30.7 Å². The van der Waals surface area contributed by atoms with Crippen molar-refractivity contribution in [3.05, 3.63) is 53.7 Å². The molecule has 1 heterocycles. The summed E-state index contributed by atoms with van der Waals surface area (Å²) in [5.74, 6) is 0.520. The van der Waals surface area contributed by atoms with Crippen molar-refractivity contribution in [2.24, 2.45) is 0 Å². The number of anilines is 1. The lowest BCUT2D eigenvalue weighted by molar-refractivity contribution is 0.577. The number of pyridine rings is 1. The van der Waals surface area contributed by atoms with Crippen molar-refractivity contribution in [3.63, 3.8) is 0 Å². The molecule has 0 saturated carbocycles. The standard InChI is InChI=1S/C15H16F2N2S/c1-2-7-18-15-11(4-3-8-19-15)10-20-14-9-12(16)5-6-13(14)17/h3-6,8-9H,2,7,10H2,1H3,(H,18,19). The van der Waals surface area contributed by atoms with Crippen LogP contribution < -0.4 is 5.32 Å². The van der Waals surface area contributed by atoms with Crippen molar-refractivity contribution in [3.8, 4) is 0 Å². The maximum atomic E-state index is 13.6. The molecule has 0 spiro atoms. The summed E-state index contributed by atoms with van der Waals surface area (Å²) in [6.07, 6.45) is 2.72. The van der Waals surface area contributed by atoms with Crippen LogP contribution in [0.3, 0.4) is 0 Å². The van der Waals surface area contributed by atoms with E-state index in [1.165, 1.54) is 17.8 Å². The zero-order chi connectivity index (χ0) is 14.4. The van der Waals surface area contributed by atoms with Crippen molar-refractivity contribution in [1.82, 2.24) is 4.98 Å². The molecule has 0 atom stereocenters. The first kappa shape index (κ1) is 14.8. The van der Waals surface area contributed by atoms with E-state index in [-0.39, 0.29) is 0 Å². The van der Waals surface area contributed by atoms with Crippen LogP contribution in [-0.4, -0.2) is 11.5 Å². The molecular formula is C15H16F2N2S. The fraction of sp³-hybridized carbons (Fsp3) is 0.267. The average Bonchev–Trinajstić information content (AvgIpc) is 2.47. The number of benzene rings is 1. The molecule has 0 amide bonds. The van der Waals surface area contributed by atoms with Crippen LogP contribution in [0, 0.1) is 11.6 Å². The van der Waals surface area contributed by atoms with Crippen LogP contribution in [0.2, 0.25) is 0 Å². The maximum Gasteiger partial charge on any atom is 0.136 e. The Bertz CT molecular complexity index is 576. The topological polar surface area (TPSA) is 24.9 Å². The fourth-order valence-electron chi connectivity index (χ4n) is 1.70. The van der Waals surface area contributed by atoms with E-state index >= 15 is 0 Å². The Morgan fingerprint density at radius 3 is 2.90 bits per heavy atom. The molecule has 0 saturated heterocycles. The van der Waals surface area contributed by atoms with Gasteiger partial charge >= 0.3 is 0 Å². The van der Waals surface area contributed by atoms with Crippen molar-refractivity contribution in [1.29, 1.82) is 0 Å². The Morgan fingerprint density at radius 1 is 1.25 bits per heavy atom. The quantitative estimate of drug-likeness (QED) is 0.795. The highest BCUT2D eigenvalue weighted by molar-refractivity contribution is 7.98. The van der Waals surface area contributed by atoms with E-state index in [1.807, 2.05) is 12.1 Å². The molecule has 1 aromatic carbocycles. The van der Waals surface area contributed by atoms with Gasteiger partial charge in [-0.15, -0.1) is 11.8 Å². The molecule has 0 aliphatic carbocycles. The first-order chi connectivity index (χ1) is 9.70. The molecule has 0 bridgehead atoms. The lowest BCUT2D eigenvalue weighted by atomic mass is 10.3. The van der Waals surface area contributed by atoms with E-state index in [0.29, 0.717) is 10.6 Å². The van der Waals surface area contributed by atoms with Crippen molar-refractivity contribution in [2.45, 2.75) is 24.0 Å². The highest BCUT2D eigenvalue weighted by Gasteiger charge is 2.07. The Hall–Kier alpha value is -1.62. The summed E-state index contributed by atoms with van der Waals surface area (Å²) in [7, 11) is 0. The van der Waals surface area contributed by atoms with E-state index in [1.54, 1.807) is 6.20 Å². The minimum atomic E-state index is -0.426. The number of hydrogen-bond acceptors (Lipinski definition) is 3. The molecule has 0 fully saturated rings. The molecule has 2 aromatic rings. The molecule has 2 nitrogen and oxygen atoms in total. The van der Waals surface area contributed by atoms with Gasteiger partial charge in [0.15, 0.2) is 0 Å². The monoisotopic (exact) mass is 294 g/mol. The summed E-state index contributed by atoms with van der Waals surface area (Å²) < 4.78 is 26.7. The number of nitrogens with one attached hydrogen (secondary N) is 1. The van der Waals surface area contributed by atoms with Gasteiger partial charge in [-0.3, -0.25) is 0 Å². The smallest absolute Gasteiger partial charge is 0.136 e. The predicted molar refractivity (Wildman–Crippen MR) is 78.9 cm³/mol. The largest absolute Gasteiger partial charge is 0.370 e. The molecule has 0 radical (unpaired) electrons. The van der Waals surface area contributed by atoms with Crippen LogP contribution in [0.15, 0.2) is 41.4 Å². The molecular weight excluding hydrogens is 278 g/mol. The van der Waals surface area contributed by atoms with E-state index in [9.17, 15) is 8.78 Å². The minimum Gasteiger partial charge on any atom is -0.370 e. The van der Waals surface area contributed by atoms with Crippen LogP contribution in [0.25, 0.3) is 0 Å². The van der Waals surface area contributed by atoms with Gasteiger partial charge in [0, 0.05) is 29.0 Å². The molecule has 0 aliphatic rings. The molecule has 1 aromatic heterocycles. The van der Waals surface area contributed by atoms with E-state index in [2.05, 4.69) is 17.2 Å². The van der Waals surface area contributed by atoms with Crippen molar-refractivity contribution in [2.75, 3.05) is 11.9 Å². The average molecular weight is 294 g/mol. The maximum absolute atomic E-state index is 13.6. The van der Waals surface area contributed by atoms with Gasteiger partial charge in [-0.1, -0.05) is 13.0 Å². The second-order valence-electron chi connectivity index (χ2n) is 4.30. The highest BCUT2D eigenvalue weighted by Crippen LogP contribution is 2.28. The van der Waals surface area contributed by atoms with Gasteiger partial charge in [0.2, 0.25) is 0 Å². The van der Waals surface area contributed by atoms with Gasteiger partial charge in [0.25, 0.3) is 0 Å². The Kier molecular flexibility index (Phi) is 5.35. The summed E-state index contributed by atoms with van der Waals surface area (Å²) in [4.78, 5) is 4.59. The molecule has 5 heteroatoms. The third-order valence-electron chi connectivity index (χ3n) is 2.71.